The van der Waals surface area contributed by atoms with E-state index in [4.69, 9.17) is 4.98 Å². The van der Waals surface area contributed by atoms with E-state index in [-0.39, 0.29) is 0 Å². The molecule has 9 aromatic rings. The average molecular weight is 779 g/mol. The van der Waals surface area contributed by atoms with Crippen molar-refractivity contribution in [2.45, 2.75) is 44.9 Å². The second-order valence-corrected chi connectivity index (χ2v) is 16.9. The molecule has 60 heavy (non-hydrogen) atoms. The van der Waals surface area contributed by atoms with E-state index in [9.17, 15) is 0 Å². The topological polar surface area (TPSA) is 24.3 Å². The molecule has 4 heteroatoms. The van der Waals surface area contributed by atoms with Crippen LogP contribution in [0, 0.1) is 0 Å². The molecule has 7 aromatic carbocycles. The Morgan fingerprint density at radius 2 is 1.08 bits per heavy atom. The van der Waals surface area contributed by atoms with Gasteiger partial charge in [-0.25, -0.2) is 4.98 Å². The van der Waals surface area contributed by atoms with E-state index in [0.717, 1.165) is 23.5 Å². The predicted octanol–water partition coefficient (Wildman–Crippen LogP) is 14.0. The molecule has 3 heterocycles. The Hall–Kier alpha value is -6.91. The summed E-state index contributed by atoms with van der Waals surface area (Å²) >= 11 is 0. The second-order valence-electron chi connectivity index (χ2n) is 16.9. The highest BCUT2D eigenvalue weighted by Crippen LogP contribution is 2.49. The maximum absolute atomic E-state index is 5.16. The smallest absolute Gasteiger partial charge is 0.138 e. The second kappa shape index (κ2) is 15.0. The minimum absolute atomic E-state index is 0.384. The maximum Gasteiger partial charge on any atom is 0.138 e. The molecule has 0 saturated heterocycles. The third-order valence-corrected chi connectivity index (χ3v) is 12.7. The van der Waals surface area contributed by atoms with Crippen molar-refractivity contribution >= 4 is 38.9 Å². The van der Waals surface area contributed by atoms with Crippen LogP contribution < -0.4 is 9.80 Å². The van der Waals surface area contributed by atoms with Gasteiger partial charge in [-0.15, -0.1) is 0 Å². The van der Waals surface area contributed by atoms with Crippen molar-refractivity contribution in [1.82, 2.24) is 9.55 Å². The van der Waals surface area contributed by atoms with Gasteiger partial charge in [0.05, 0.1) is 34.5 Å². The Labute approximate surface area is 354 Å². The SMILES string of the molecule is CC(C)c1cccc(C(C)C)c1-c1ccnc(-n2c3ccccc3c3ccc(C(c4ccccc4)(c4ccccc4)c4cccc(N5CN(C)c6ccccc65)c4)cc32)c1. The van der Waals surface area contributed by atoms with Crippen LogP contribution in [0.4, 0.5) is 17.1 Å². The molecular formula is C56H50N4. The fourth-order valence-electron chi connectivity index (χ4n) is 9.91. The molecule has 0 fully saturated rings. The third-order valence-electron chi connectivity index (χ3n) is 12.7. The number of hydrogen-bond acceptors (Lipinski definition) is 3. The molecule has 0 aliphatic carbocycles. The molecular weight excluding hydrogens is 729 g/mol. The summed E-state index contributed by atoms with van der Waals surface area (Å²) in [5, 5.41) is 2.41. The monoisotopic (exact) mass is 778 g/mol. The van der Waals surface area contributed by atoms with E-state index in [1.54, 1.807) is 0 Å². The Morgan fingerprint density at radius 1 is 0.500 bits per heavy atom. The highest BCUT2D eigenvalue weighted by Gasteiger charge is 2.39. The zero-order valence-corrected chi connectivity index (χ0v) is 35.0. The summed E-state index contributed by atoms with van der Waals surface area (Å²) in [6.07, 6.45) is 1.99. The minimum atomic E-state index is -0.656. The first-order chi connectivity index (χ1) is 29.3. The number of fused-ring (bicyclic) bond motifs is 4. The largest absolute Gasteiger partial charge is 0.355 e. The van der Waals surface area contributed by atoms with Crippen LogP contribution >= 0.6 is 0 Å². The first kappa shape index (κ1) is 37.4. The Bertz CT molecular complexity index is 2930. The summed E-state index contributed by atoms with van der Waals surface area (Å²) in [7, 11) is 2.17. The van der Waals surface area contributed by atoms with Crippen molar-refractivity contribution in [3.05, 3.63) is 222 Å². The summed E-state index contributed by atoms with van der Waals surface area (Å²) < 4.78 is 2.39. The summed E-state index contributed by atoms with van der Waals surface area (Å²) in [6, 6.07) is 67.3. The van der Waals surface area contributed by atoms with Crippen LogP contribution in [0.1, 0.15) is 72.9 Å². The average Bonchev–Trinajstić information content (AvgIpc) is 3.81. The highest BCUT2D eigenvalue weighted by atomic mass is 15.4. The van der Waals surface area contributed by atoms with Gasteiger partial charge in [0.15, 0.2) is 0 Å². The van der Waals surface area contributed by atoms with Crippen molar-refractivity contribution in [3.8, 4) is 16.9 Å². The van der Waals surface area contributed by atoms with Gasteiger partial charge in [0.2, 0.25) is 0 Å². The number of benzene rings is 7. The predicted molar refractivity (Wildman–Crippen MR) is 252 cm³/mol. The molecule has 0 unspecified atom stereocenters. The van der Waals surface area contributed by atoms with Crippen LogP contribution in [0.5, 0.6) is 0 Å². The Kier molecular flexibility index (Phi) is 9.36. The van der Waals surface area contributed by atoms with E-state index in [2.05, 4.69) is 231 Å². The standard InChI is InChI=1S/C56H50N4/c1-38(2)46-25-17-26-47(39(3)4)55(46)40-32-33-57-54(34-40)60-50-27-13-12-24-48(50)49-31-30-44(36-53(49)60)56(41-18-8-6-9-19-41,42-20-10-7-11-21-42)43-22-16-23-45(35-43)59-37-58(5)51-28-14-15-29-52(51)59/h6-36,38-39H,37H2,1-5H3. The molecule has 294 valence electrons. The summed E-state index contributed by atoms with van der Waals surface area (Å²) in [5.41, 5.74) is 15.3. The fourth-order valence-corrected chi connectivity index (χ4v) is 9.91. The number of rotatable bonds is 9. The van der Waals surface area contributed by atoms with Gasteiger partial charge in [0.1, 0.15) is 5.82 Å². The quantitative estimate of drug-likeness (QED) is 0.136. The fraction of sp³-hybridized carbons (Fsp3) is 0.161. The van der Waals surface area contributed by atoms with E-state index in [1.165, 1.54) is 72.3 Å². The number of pyridine rings is 1. The highest BCUT2D eigenvalue weighted by molar-refractivity contribution is 6.09. The summed E-state index contributed by atoms with van der Waals surface area (Å²) in [4.78, 5) is 9.91. The van der Waals surface area contributed by atoms with E-state index >= 15 is 0 Å². The van der Waals surface area contributed by atoms with Crippen LogP contribution in [0.15, 0.2) is 188 Å². The normalized spacial score (nSPS) is 12.9. The number of nitrogens with zero attached hydrogens (tertiary/aromatic N) is 4. The van der Waals surface area contributed by atoms with Gasteiger partial charge in [-0.1, -0.05) is 161 Å². The molecule has 0 spiro atoms. The molecule has 0 N–H and O–H groups in total. The number of aromatic nitrogens is 2. The molecule has 0 radical (unpaired) electrons. The molecule has 10 rings (SSSR count). The lowest BCUT2D eigenvalue weighted by molar-refractivity contribution is 0.745. The van der Waals surface area contributed by atoms with Crippen LogP contribution in [-0.4, -0.2) is 23.3 Å². The summed E-state index contributed by atoms with van der Waals surface area (Å²) in [6.45, 7) is 9.96. The molecule has 0 bridgehead atoms. The number of para-hydroxylation sites is 3. The van der Waals surface area contributed by atoms with Crippen LogP contribution in [0.3, 0.4) is 0 Å². The van der Waals surface area contributed by atoms with Gasteiger partial charge >= 0.3 is 0 Å². The van der Waals surface area contributed by atoms with Gasteiger partial charge in [-0.05, 0) is 105 Å². The van der Waals surface area contributed by atoms with Crippen LogP contribution in [0.2, 0.25) is 0 Å². The van der Waals surface area contributed by atoms with E-state index in [0.29, 0.717) is 11.8 Å². The molecule has 0 saturated carbocycles. The van der Waals surface area contributed by atoms with Gasteiger partial charge in [0, 0.05) is 29.7 Å². The number of anilines is 3. The van der Waals surface area contributed by atoms with Crippen molar-refractivity contribution in [3.63, 3.8) is 0 Å². The Morgan fingerprint density at radius 3 is 1.78 bits per heavy atom. The minimum Gasteiger partial charge on any atom is -0.355 e. The molecule has 1 aliphatic rings. The van der Waals surface area contributed by atoms with Crippen LogP contribution in [-0.2, 0) is 5.41 Å². The zero-order valence-electron chi connectivity index (χ0n) is 35.0. The van der Waals surface area contributed by atoms with E-state index in [1.807, 2.05) is 6.20 Å². The van der Waals surface area contributed by atoms with Crippen LogP contribution in [0.25, 0.3) is 38.8 Å². The van der Waals surface area contributed by atoms with Crippen molar-refractivity contribution in [2.24, 2.45) is 0 Å². The Balaban J connectivity index is 1.24. The van der Waals surface area contributed by atoms with E-state index < -0.39 is 5.41 Å². The molecule has 2 aromatic heterocycles. The first-order valence-electron chi connectivity index (χ1n) is 21.3. The number of hydrogen-bond donors (Lipinski definition) is 0. The molecule has 0 atom stereocenters. The van der Waals surface area contributed by atoms with Gasteiger partial charge < -0.3 is 9.80 Å². The molecule has 4 nitrogen and oxygen atoms in total. The summed E-state index contributed by atoms with van der Waals surface area (Å²) in [5.74, 6) is 1.68. The lowest BCUT2D eigenvalue weighted by Gasteiger charge is -2.37. The van der Waals surface area contributed by atoms with Gasteiger partial charge in [0.25, 0.3) is 0 Å². The lowest BCUT2D eigenvalue weighted by atomic mass is 9.65. The third kappa shape index (κ3) is 6.01. The van der Waals surface area contributed by atoms with Crippen molar-refractivity contribution < 1.29 is 0 Å². The van der Waals surface area contributed by atoms with Gasteiger partial charge in [-0.3, -0.25) is 4.57 Å². The van der Waals surface area contributed by atoms with Crippen molar-refractivity contribution in [1.29, 1.82) is 0 Å². The van der Waals surface area contributed by atoms with Gasteiger partial charge in [-0.2, -0.15) is 0 Å². The molecule has 1 aliphatic heterocycles. The maximum atomic E-state index is 5.16. The first-order valence-corrected chi connectivity index (χ1v) is 21.3. The lowest BCUT2D eigenvalue weighted by Crippen LogP contribution is -2.31. The zero-order chi connectivity index (χ0) is 41.0. The molecule has 0 amide bonds. The van der Waals surface area contributed by atoms with Crippen molar-refractivity contribution in [2.75, 3.05) is 23.5 Å².